The van der Waals surface area contributed by atoms with Gasteiger partial charge in [-0.25, -0.2) is 0 Å². The van der Waals surface area contributed by atoms with Gasteiger partial charge in [-0.2, -0.15) is 0 Å². The smallest absolute Gasteiger partial charge is 0.193 e. The topological polar surface area (TPSA) is 42.3 Å². The summed E-state index contributed by atoms with van der Waals surface area (Å²) in [7, 11) is 0. The van der Waals surface area contributed by atoms with Gasteiger partial charge in [-0.05, 0) is 54.1 Å². The number of hydrogen-bond donors (Lipinski definition) is 0. The number of nitrogens with zero attached hydrogens (tertiary/aromatic N) is 2. The summed E-state index contributed by atoms with van der Waals surface area (Å²) < 4.78 is 0. The van der Waals surface area contributed by atoms with Gasteiger partial charge >= 0.3 is 0 Å². The van der Waals surface area contributed by atoms with E-state index in [0.717, 1.165) is 11.3 Å². The van der Waals surface area contributed by atoms with Crippen LogP contribution >= 0.6 is 24.0 Å². The number of aliphatic imine (C=N–C) groups is 1. The van der Waals surface area contributed by atoms with Crippen LogP contribution in [0.5, 0.6) is 0 Å². The van der Waals surface area contributed by atoms with Gasteiger partial charge in [0, 0.05) is 34.8 Å². The van der Waals surface area contributed by atoms with Crippen molar-refractivity contribution in [2.24, 2.45) is 4.99 Å². The third kappa shape index (κ3) is 4.51. The monoisotopic (exact) mass is 356 g/mol. The Morgan fingerprint density at radius 1 is 0.958 bits per heavy atom. The van der Waals surface area contributed by atoms with E-state index in [9.17, 15) is 4.79 Å². The normalized spacial score (nSPS) is 10.4. The van der Waals surface area contributed by atoms with Gasteiger partial charge < -0.3 is 0 Å². The van der Waals surface area contributed by atoms with Crippen LogP contribution in [0.2, 0.25) is 5.02 Å². The summed E-state index contributed by atoms with van der Waals surface area (Å²) in [5.41, 5.74) is 2.87. The van der Waals surface area contributed by atoms with Crippen molar-refractivity contribution in [2.45, 2.75) is 0 Å². The summed E-state index contributed by atoms with van der Waals surface area (Å²) in [4.78, 5) is 20.8. The average Bonchev–Trinajstić information content (AvgIpc) is 2.61. The number of pyridine rings is 1. The van der Waals surface area contributed by atoms with Crippen LogP contribution < -0.4 is 0 Å². The highest BCUT2D eigenvalue weighted by Gasteiger charge is 2.09. The number of halogens is 2. The van der Waals surface area contributed by atoms with Gasteiger partial charge in [-0.15, -0.1) is 12.4 Å². The summed E-state index contributed by atoms with van der Waals surface area (Å²) in [6, 6.07) is 17.8. The molecule has 0 saturated heterocycles. The first-order valence-corrected chi connectivity index (χ1v) is 7.44. The van der Waals surface area contributed by atoms with Crippen molar-refractivity contribution in [1.29, 1.82) is 0 Å². The molecule has 0 aliphatic rings. The second-order valence-corrected chi connectivity index (χ2v) is 5.36. The molecule has 120 valence electrons. The molecule has 0 saturated carbocycles. The van der Waals surface area contributed by atoms with Gasteiger partial charge in [-0.3, -0.25) is 14.8 Å². The molecule has 0 aliphatic carbocycles. The van der Waals surface area contributed by atoms with Gasteiger partial charge in [0.15, 0.2) is 5.78 Å². The largest absolute Gasteiger partial charge is 0.289 e. The Morgan fingerprint density at radius 2 is 1.67 bits per heavy atom. The Balaban J connectivity index is 0.00000208. The number of hydrogen-bond acceptors (Lipinski definition) is 3. The van der Waals surface area contributed by atoms with Gasteiger partial charge in [0.2, 0.25) is 0 Å². The standard InChI is InChI=1S/C19H13ClN2O.ClH/c20-17-6-4-15(5-7-17)19(23)16-2-1-3-18(12-16)22-13-14-8-10-21-11-9-14;/h1-13H;1H. The number of carbonyl (C=O) groups is 1. The second kappa shape index (κ2) is 8.39. The molecule has 3 nitrogen and oxygen atoms in total. The zero-order valence-electron chi connectivity index (χ0n) is 12.6. The lowest BCUT2D eigenvalue weighted by molar-refractivity contribution is 0.103. The fourth-order valence-electron chi connectivity index (χ4n) is 2.09. The van der Waals surface area contributed by atoms with Crippen LogP contribution in [0.25, 0.3) is 0 Å². The molecule has 3 aromatic rings. The van der Waals surface area contributed by atoms with Crippen molar-refractivity contribution in [1.82, 2.24) is 4.98 Å². The first kappa shape index (κ1) is 17.9. The molecule has 0 bridgehead atoms. The Kier molecular flexibility index (Phi) is 6.24. The third-order valence-corrected chi connectivity index (χ3v) is 3.54. The Bertz CT molecular complexity index is 847. The van der Waals surface area contributed by atoms with Crippen molar-refractivity contribution in [3.8, 4) is 0 Å². The maximum absolute atomic E-state index is 12.5. The van der Waals surface area contributed by atoms with E-state index in [1.807, 2.05) is 24.3 Å². The fourth-order valence-corrected chi connectivity index (χ4v) is 2.22. The number of aromatic nitrogens is 1. The van der Waals surface area contributed by atoms with Gasteiger partial charge in [-0.1, -0.05) is 23.7 Å². The van der Waals surface area contributed by atoms with Crippen LogP contribution in [-0.2, 0) is 0 Å². The number of ketones is 1. The Labute approximate surface area is 151 Å². The van der Waals surface area contributed by atoms with E-state index in [4.69, 9.17) is 11.6 Å². The van der Waals surface area contributed by atoms with Crippen LogP contribution in [0, 0.1) is 0 Å². The van der Waals surface area contributed by atoms with E-state index >= 15 is 0 Å². The summed E-state index contributed by atoms with van der Waals surface area (Å²) in [5, 5.41) is 0.609. The molecular weight excluding hydrogens is 343 g/mol. The van der Waals surface area contributed by atoms with Crippen LogP contribution in [0.1, 0.15) is 21.5 Å². The lowest BCUT2D eigenvalue weighted by Crippen LogP contribution is -2.00. The lowest BCUT2D eigenvalue weighted by Gasteiger charge is -2.02. The molecule has 0 radical (unpaired) electrons. The molecule has 0 amide bonds. The van der Waals surface area contributed by atoms with Gasteiger partial charge in [0.05, 0.1) is 5.69 Å². The Hall–Kier alpha value is -2.49. The number of rotatable bonds is 4. The van der Waals surface area contributed by atoms with E-state index < -0.39 is 0 Å². The maximum Gasteiger partial charge on any atom is 0.193 e. The molecule has 2 aromatic carbocycles. The van der Waals surface area contributed by atoms with Crippen LogP contribution in [-0.4, -0.2) is 17.0 Å². The van der Waals surface area contributed by atoms with Gasteiger partial charge in [0.1, 0.15) is 0 Å². The van der Waals surface area contributed by atoms with Crippen molar-refractivity contribution in [3.63, 3.8) is 0 Å². The molecular formula is C19H14Cl2N2O. The Morgan fingerprint density at radius 3 is 2.38 bits per heavy atom. The van der Waals surface area contributed by atoms with E-state index in [0.29, 0.717) is 16.1 Å². The minimum atomic E-state index is -0.0531. The SMILES string of the molecule is Cl.O=C(c1ccc(Cl)cc1)c1cccc(N=Cc2ccncc2)c1. The highest BCUT2D eigenvalue weighted by Crippen LogP contribution is 2.18. The number of carbonyl (C=O) groups excluding carboxylic acids is 1. The predicted molar refractivity (Wildman–Crippen MR) is 100 cm³/mol. The van der Waals surface area contributed by atoms with E-state index in [1.54, 1.807) is 55.0 Å². The molecule has 0 spiro atoms. The van der Waals surface area contributed by atoms with Gasteiger partial charge in [0.25, 0.3) is 0 Å². The molecule has 3 rings (SSSR count). The molecule has 0 N–H and O–H groups in total. The third-order valence-electron chi connectivity index (χ3n) is 3.28. The second-order valence-electron chi connectivity index (χ2n) is 4.93. The molecule has 0 fully saturated rings. The maximum atomic E-state index is 12.5. The summed E-state index contributed by atoms with van der Waals surface area (Å²) in [6.07, 6.45) is 5.16. The quantitative estimate of drug-likeness (QED) is 0.479. The predicted octanol–water partition coefficient (Wildman–Crippen LogP) is 5.14. The molecule has 24 heavy (non-hydrogen) atoms. The van der Waals surface area contributed by atoms with Crippen molar-refractivity contribution in [3.05, 3.63) is 94.8 Å². The zero-order chi connectivity index (χ0) is 16.1. The van der Waals surface area contributed by atoms with Crippen molar-refractivity contribution >= 4 is 41.7 Å². The highest BCUT2D eigenvalue weighted by molar-refractivity contribution is 6.30. The van der Waals surface area contributed by atoms with Crippen LogP contribution in [0.3, 0.4) is 0 Å². The van der Waals surface area contributed by atoms with E-state index in [-0.39, 0.29) is 18.2 Å². The molecule has 1 aromatic heterocycles. The molecule has 0 atom stereocenters. The molecule has 1 heterocycles. The van der Waals surface area contributed by atoms with Crippen LogP contribution in [0.15, 0.2) is 78.0 Å². The summed E-state index contributed by atoms with van der Waals surface area (Å²) >= 11 is 5.85. The van der Waals surface area contributed by atoms with Crippen molar-refractivity contribution < 1.29 is 4.79 Å². The van der Waals surface area contributed by atoms with Crippen LogP contribution in [0.4, 0.5) is 5.69 Å². The summed E-state index contributed by atoms with van der Waals surface area (Å²) in [6.45, 7) is 0. The summed E-state index contributed by atoms with van der Waals surface area (Å²) in [5.74, 6) is -0.0531. The number of benzene rings is 2. The average molecular weight is 357 g/mol. The zero-order valence-corrected chi connectivity index (χ0v) is 14.2. The minimum Gasteiger partial charge on any atom is -0.289 e. The van der Waals surface area contributed by atoms with Crippen molar-refractivity contribution in [2.75, 3.05) is 0 Å². The first-order valence-electron chi connectivity index (χ1n) is 7.07. The molecule has 5 heteroatoms. The first-order chi connectivity index (χ1) is 11.2. The fraction of sp³-hybridized carbons (Fsp3) is 0. The molecule has 0 unspecified atom stereocenters. The highest BCUT2D eigenvalue weighted by atomic mass is 35.5. The van der Waals surface area contributed by atoms with E-state index in [2.05, 4.69) is 9.98 Å². The van der Waals surface area contributed by atoms with E-state index in [1.165, 1.54) is 0 Å². The lowest BCUT2D eigenvalue weighted by atomic mass is 10.0. The molecule has 0 aliphatic heterocycles. The minimum absolute atomic E-state index is 0.